The van der Waals surface area contributed by atoms with Crippen molar-refractivity contribution in [2.24, 2.45) is 0 Å². The Labute approximate surface area is 104 Å². The molecular weight excluding hydrogens is 236 g/mol. The summed E-state index contributed by atoms with van der Waals surface area (Å²) in [5.74, 6) is 0.0114. The normalized spacial score (nSPS) is 18.2. The molecule has 0 saturated carbocycles. The molecule has 0 spiro atoms. The Balaban J connectivity index is 2.03. The Morgan fingerprint density at radius 1 is 1.47 bits per heavy atom. The van der Waals surface area contributed by atoms with Gasteiger partial charge in [-0.05, 0) is 12.1 Å². The van der Waals surface area contributed by atoms with Crippen molar-refractivity contribution in [2.45, 2.75) is 11.8 Å². The number of β-lactam (4-membered cyclic amide) rings is 1. The lowest BCUT2D eigenvalue weighted by Crippen LogP contribution is -2.46. The van der Waals surface area contributed by atoms with Crippen LogP contribution in [0.5, 0.6) is 0 Å². The van der Waals surface area contributed by atoms with Gasteiger partial charge in [-0.25, -0.2) is 0 Å². The van der Waals surface area contributed by atoms with Crippen LogP contribution in [0.3, 0.4) is 0 Å². The number of hydrogen-bond donors (Lipinski definition) is 1. The fourth-order valence-electron chi connectivity index (χ4n) is 1.51. The lowest BCUT2D eigenvalue weighted by atomic mass is 10.2. The van der Waals surface area contributed by atoms with Gasteiger partial charge in [0, 0.05) is 25.3 Å². The Morgan fingerprint density at radius 3 is 2.76 bits per heavy atom. The van der Waals surface area contributed by atoms with Crippen molar-refractivity contribution < 1.29 is 9.59 Å². The summed E-state index contributed by atoms with van der Waals surface area (Å²) in [7, 11) is 3.87. The second-order valence-electron chi connectivity index (χ2n) is 4.11. The molecule has 1 aromatic rings. The molecule has 1 N–H and O–H groups in total. The predicted octanol–water partition coefficient (Wildman–Crippen LogP) is 1.47. The number of nitrogens with one attached hydrogen (secondary N) is 1. The Morgan fingerprint density at radius 2 is 2.18 bits per heavy atom. The van der Waals surface area contributed by atoms with E-state index in [1.54, 1.807) is 6.07 Å². The molecule has 2 rings (SSSR count). The van der Waals surface area contributed by atoms with Crippen LogP contribution >= 0.6 is 11.8 Å². The van der Waals surface area contributed by atoms with E-state index in [0.717, 1.165) is 5.69 Å². The number of benzene rings is 1. The second-order valence-corrected chi connectivity index (χ2v) is 5.29. The third-order valence-electron chi connectivity index (χ3n) is 2.54. The average Bonchev–Trinajstić information content (AvgIpc) is 2.27. The van der Waals surface area contributed by atoms with Gasteiger partial charge < -0.3 is 10.2 Å². The number of hydrogen-bond acceptors (Lipinski definition) is 4. The van der Waals surface area contributed by atoms with Crippen LogP contribution in [0.2, 0.25) is 0 Å². The van der Waals surface area contributed by atoms with Gasteiger partial charge in [0.2, 0.25) is 11.0 Å². The standard InChI is InChI=1S/C12H14N2O2S/c1-14(2)9-5-3-4-8(6-9)12(16)17-11-7-10(15)13-11/h3-6,11H,7H2,1-2H3,(H,13,15)/t11-/m0/s1. The van der Waals surface area contributed by atoms with Gasteiger partial charge in [-0.3, -0.25) is 9.59 Å². The van der Waals surface area contributed by atoms with E-state index in [9.17, 15) is 9.59 Å². The Kier molecular flexibility index (Phi) is 3.38. The van der Waals surface area contributed by atoms with Crippen molar-refractivity contribution in [3.8, 4) is 0 Å². The number of nitrogens with zero attached hydrogens (tertiary/aromatic N) is 1. The highest BCUT2D eigenvalue weighted by Gasteiger charge is 2.28. The molecule has 1 heterocycles. The maximum Gasteiger partial charge on any atom is 0.223 e. The molecule has 1 aromatic carbocycles. The van der Waals surface area contributed by atoms with Crippen molar-refractivity contribution in [3.05, 3.63) is 29.8 Å². The number of amides is 1. The minimum atomic E-state index is -0.0574. The molecule has 1 atom stereocenters. The van der Waals surface area contributed by atoms with Gasteiger partial charge >= 0.3 is 0 Å². The first-order valence-electron chi connectivity index (χ1n) is 5.34. The number of rotatable bonds is 3. The molecule has 0 unspecified atom stereocenters. The highest BCUT2D eigenvalue weighted by Crippen LogP contribution is 2.25. The fourth-order valence-corrected chi connectivity index (χ4v) is 2.45. The summed E-state index contributed by atoms with van der Waals surface area (Å²) in [4.78, 5) is 24.6. The Hall–Kier alpha value is -1.49. The van der Waals surface area contributed by atoms with Crippen LogP contribution in [-0.2, 0) is 4.79 Å². The van der Waals surface area contributed by atoms with E-state index in [-0.39, 0.29) is 16.4 Å². The Bertz CT molecular complexity index is 452. The molecule has 0 aliphatic carbocycles. The average molecular weight is 250 g/mol. The van der Waals surface area contributed by atoms with E-state index < -0.39 is 0 Å². The van der Waals surface area contributed by atoms with E-state index in [1.165, 1.54) is 11.8 Å². The minimum Gasteiger partial charge on any atom is -0.378 e. The molecule has 1 fully saturated rings. The molecule has 5 heteroatoms. The fraction of sp³-hybridized carbons (Fsp3) is 0.333. The summed E-state index contributed by atoms with van der Waals surface area (Å²) >= 11 is 1.17. The van der Waals surface area contributed by atoms with Crippen LogP contribution in [0.4, 0.5) is 5.69 Å². The predicted molar refractivity (Wildman–Crippen MR) is 69.2 cm³/mol. The van der Waals surface area contributed by atoms with Gasteiger partial charge in [0.05, 0.1) is 11.8 Å². The van der Waals surface area contributed by atoms with Crippen LogP contribution in [-0.4, -0.2) is 30.5 Å². The molecule has 0 aromatic heterocycles. The summed E-state index contributed by atoms with van der Waals surface area (Å²) in [6.07, 6.45) is 0.434. The molecule has 1 aliphatic rings. The molecule has 0 radical (unpaired) electrons. The van der Waals surface area contributed by atoms with Crippen LogP contribution in [0.25, 0.3) is 0 Å². The maximum atomic E-state index is 11.9. The van der Waals surface area contributed by atoms with Crippen LogP contribution in [0, 0.1) is 0 Å². The highest BCUT2D eigenvalue weighted by molar-refractivity contribution is 8.14. The number of carbonyl (C=O) groups excluding carboxylic acids is 2. The monoisotopic (exact) mass is 250 g/mol. The first-order chi connectivity index (χ1) is 8.06. The van der Waals surface area contributed by atoms with Gasteiger partial charge in [-0.15, -0.1) is 0 Å². The first kappa shape index (κ1) is 12.0. The van der Waals surface area contributed by atoms with Gasteiger partial charge in [-0.1, -0.05) is 23.9 Å². The lowest BCUT2D eigenvalue weighted by molar-refractivity contribution is -0.126. The van der Waals surface area contributed by atoms with Crippen LogP contribution < -0.4 is 10.2 Å². The zero-order valence-corrected chi connectivity index (χ0v) is 10.6. The molecule has 1 amide bonds. The summed E-state index contributed by atoms with van der Waals surface area (Å²) in [5, 5.41) is 2.61. The smallest absolute Gasteiger partial charge is 0.223 e. The molecule has 4 nitrogen and oxygen atoms in total. The molecule has 1 saturated heterocycles. The largest absolute Gasteiger partial charge is 0.378 e. The van der Waals surface area contributed by atoms with E-state index >= 15 is 0 Å². The van der Waals surface area contributed by atoms with E-state index in [4.69, 9.17) is 0 Å². The molecule has 0 bridgehead atoms. The van der Waals surface area contributed by atoms with E-state index in [2.05, 4.69) is 5.32 Å². The second kappa shape index (κ2) is 4.79. The van der Waals surface area contributed by atoms with Gasteiger partial charge in [-0.2, -0.15) is 0 Å². The van der Waals surface area contributed by atoms with Gasteiger partial charge in [0.1, 0.15) is 0 Å². The van der Waals surface area contributed by atoms with Crippen LogP contribution in [0.15, 0.2) is 24.3 Å². The minimum absolute atomic E-state index is 0.00120. The zero-order chi connectivity index (χ0) is 12.4. The van der Waals surface area contributed by atoms with Crippen molar-refractivity contribution in [3.63, 3.8) is 0 Å². The summed E-state index contributed by atoms with van der Waals surface area (Å²) in [6.45, 7) is 0. The van der Waals surface area contributed by atoms with Crippen molar-refractivity contribution >= 4 is 28.5 Å². The number of thioether (sulfide) groups is 1. The van der Waals surface area contributed by atoms with Crippen molar-refractivity contribution in [1.82, 2.24) is 5.32 Å². The highest BCUT2D eigenvalue weighted by atomic mass is 32.2. The van der Waals surface area contributed by atoms with E-state index in [0.29, 0.717) is 12.0 Å². The maximum absolute atomic E-state index is 11.9. The van der Waals surface area contributed by atoms with Gasteiger partial charge in [0.25, 0.3) is 0 Å². The summed E-state index contributed by atoms with van der Waals surface area (Å²) in [6, 6.07) is 7.47. The topological polar surface area (TPSA) is 49.4 Å². The molecule has 1 aliphatic heterocycles. The number of carbonyl (C=O) groups is 2. The SMILES string of the molecule is CN(C)c1cccc(C(=O)S[C@H]2CC(=O)N2)c1. The van der Waals surface area contributed by atoms with Crippen LogP contribution in [0.1, 0.15) is 16.8 Å². The summed E-state index contributed by atoms with van der Waals surface area (Å²) < 4.78 is 0. The summed E-state index contributed by atoms with van der Waals surface area (Å²) in [5.41, 5.74) is 1.66. The van der Waals surface area contributed by atoms with Gasteiger partial charge in [0.15, 0.2) is 0 Å². The first-order valence-corrected chi connectivity index (χ1v) is 6.22. The zero-order valence-electron chi connectivity index (χ0n) is 9.77. The third-order valence-corrected chi connectivity index (χ3v) is 3.56. The molecule has 17 heavy (non-hydrogen) atoms. The lowest BCUT2D eigenvalue weighted by Gasteiger charge is -2.25. The molecule has 90 valence electrons. The molecular formula is C12H14N2O2S. The number of anilines is 1. The van der Waals surface area contributed by atoms with Crippen molar-refractivity contribution in [2.75, 3.05) is 19.0 Å². The van der Waals surface area contributed by atoms with Crippen molar-refractivity contribution in [1.29, 1.82) is 0 Å². The quantitative estimate of drug-likeness (QED) is 0.825. The van der Waals surface area contributed by atoms with E-state index in [1.807, 2.05) is 37.2 Å². The third kappa shape index (κ3) is 2.79.